The summed E-state index contributed by atoms with van der Waals surface area (Å²) in [5, 5.41) is 6.82. The summed E-state index contributed by atoms with van der Waals surface area (Å²) in [4.78, 5) is 32.1. The molecule has 0 spiro atoms. The van der Waals surface area contributed by atoms with Crippen molar-refractivity contribution in [3.8, 4) is 11.5 Å². The van der Waals surface area contributed by atoms with E-state index < -0.39 is 0 Å². The van der Waals surface area contributed by atoms with Crippen molar-refractivity contribution in [3.63, 3.8) is 0 Å². The lowest BCUT2D eigenvalue weighted by molar-refractivity contribution is -0.130. The van der Waals surface area contributed by atoms with Gasteiger partial charge in [0.05, 0.1) is 31.7 Å². The molecule has 1 fully saturated rings. The van der Waals surface area contributed by atoms with E-state index in [1.807, 2.05) is 48.5 Å². The fourth-order valence-electron chi connectivity index (χ4n) is 4.96. The maximum atomic E-state index is 13.6. The van der Waals surface area contributed by atoms with E-state index in [9.17, 15) is 9.59 Å². The summed E-state index contributed by atoms with van der Waals surface area (Å²) in [6.07, 6.45) is 4.97. The Labute approximate surface area is 224 Å². The summed E-state index contributed by atoms with van der Waals surface area (Å²) >= 11 is 1.13. The third-order valence-electron chi connectivity index (χ3n) is 6.74. The number of carbonyl (C=O) groups excluding carboxylic acids is 1. The maximum absolute atomic E-state index is 13.6. The lowest BCUT2D eigenvalue weighted by Gasteiger charge is -2.29. The number of anilines is 1. The van der Waals surface area contributed by atoms with E-state index in [4.69, 9.17) is 20.3 Å². The smallest absolute Gasteiger partial charge is 0.253 e. The zero-order valence-corrected chi connectivity index (χ0v) is 22.0. The van der Waals surface area contributed by atoms with Gasteiger partial charge in [-0.15, -0.1) is 0 Å². The Morgan fingerprint density at radius 2 is 1.82 bits per heavy atom. The summed E-state index contributed by atoms with van der Waals surface area (Å²) in [6.45, 7) is 0. The molecule has 2 heterocycles. The predicted molar refractivity (Wildman–Crippen MR) is 148 cm³/mol. The number of aromatic nitrogens is 2. The van der Waals surface area contributed by atoms with Gasteiger partial charge in [0.15, 0.2) is 5.16 Å². The van der Waals surface area contributed by atoms with Crippen LogP contribution in [0.1, 0.15) is 36.4 Å². The minimum atomic E-state index is -0.357. The first kappa shape index (κ1) is 25.6. The van der Waals surface area contributed by atoms with Crippen LogP contribution in [-0.2, 0) is 4.79 Å². The average molecular weight is 532 g/mol. The van der Waals surface area contributed by atoms with Gasteiger partial charge in [-0.3, -0.25) is 9.59 Å². The number of nitrogens with one attached hydrogen (secondary N) is 1. The molecular weight excluding hydrogens is 502 g/mol. The largest absolute Gasteiger partial charge is 0.497 e. The Morgan fingerprint density at radius 3 is 2.47 bits per heavy atom. The summed E-state index contributed by atoms with van der Waals surface area (Å²) in [5.41, 5.74) is 9.47. The van der Waals surface area contributed by atoms with E-state index >= 15 is 0 Å². The standard InChI is InChI=1S/C28H29N5O4S/c1-36-20-10-6-17(7-11-20)14-19-4-3-5-22-26(19)32-33(27(22)18-8-12-21(37-2)13-9-18)25(35)16-38-28-30-23(29)15-24(34)31-28/h6-15,22,27H,3-5,16H2,1-2H3,(H3,29,30,31,34). The third kappa shape index (κ3) is 5.45. The van der Waals surface area contributed by atoms with E-state index in [1.165, 1.54) is 6.07 Å². The second kappa shape index (κ2) is 11.1. The predicted octanol–water partition coefficient (Wildman–Crippen LogP) is 4.28. The zero-order chi connectivity index (χ0) is 26.6. The van der Waals surface area contributed by atoms with Crippen molar-refractivity contribution >= 4 is 35.3 Å². The molecule has 1 saturated carbocycles. The molecule has 10 heteroatoms. The van der Waals surface area contributed by atoms with E-state index in [1.54, 1.807) is 19.2 Å². The maximum Gasteiger partial charge on any atom is 0.253 e. The SMILES string of the molecule is COc1ccc(C=C2CCCC3C2=NN(C(=O)CSc2nc(N)cc(=O)[nH]2)C3c2ccc(OC)cc2)cc1. The fraction of sp³-hybridized carbons (Fsp3) is 0.286. The van der Waals surface area contributed by atoms with E-state index in [-0.39, 0.29) is 35.0 Å². The summed E-state index contributed by atoms with van der Waals surface area (Å²) < 4.78 is 10.6. The molecule has 2 aliphatic rings. The van der Waals surface area contributed by atoms with Gasteiger partial charge >= 0.3 is 0 Å². The van der Waals surface area contributed by atoms with Crippen molar-refractivity contribution in [3.05, 3.63) is 81.7 Å². The van der Waals surface area contributed by atoms with Crippen molar-refractivity contribution < 1.29 is 14.3 Å². The topological polar surface area (TPSA) is 123 Å². The molecule has 0 bridgehead atoms. The number of allylic oxidation sites excluding steroid dienone is 1. The molecule has 3 aromatic rings. The molecule has 1 aromatic heterocycles. The summed E-state index contributed by atoms with van der Waals surface area (Å²) in [5.74, 6) is 1.62. The Kier molecular flexibility index (Phi) is 7.50. The zero-order valence-electron chi connectivity index (χ0n) is 21.2. The van der Waals surface area contributed by atoms with Gasteiger partial charge in [0.25, 0.3) is 11.5 Å². The van der Waals surface area contributed by atoms with Crippen LogP contribution in [0, 0.1) is 5.92 Å². The first-order valence-electron chi connectivity index (χ1n) is 12.3. The van der Waals surface area contributed by atoms with Crippen LogP contribution >= 0.6 is 11.8 Å². The number of amides is 1. The summed E-state index contributed by atoms with van der Waals surface area (Å²) in [7, 11) is 3.28. The minimum absolute atomic E-state index is 0.0556. The number of hydrogen-bond acceptors (Lipinski definition) is 8. The molecule has 0 radical (unpaired) electrons. The molecule has 2 aromatic carbocycles. The number of carbonyl (C=O) groups is 1. The van der Waals surface area contributed by atoms with E-state index in [2.05, 4.69) is 16.0 Å². The highest BCUT2D eigenvalue weighted by molar-refractivity contribution is 7.99. The van der Waals surface area contributed by atoms with Gasteiger partial charge in [-0.2, -0.15) is 5.10 Å². The molecule has 2 atom stereocenters. The van der Waals surface area contributed by atoms with E-state index in [0.29, 0.717) is 5.16 Å². The molecule has 0 saturated heterocycles. The second-order valence-corrected chi connectivity index (χ2v) is 10.1. The van der Waals surface area contributed by atoms with Crippen LogP contribution in [0.25, 0.3) is 6.08 Å². The first-order valence-corrected chi connectivity index (χ1v) is 13.3. The number of nitrogens with two attached hydrogens (primary N) is 1. The Bertz CT molecular complexity index is 1430. The van der Waals surface area contributed by atoms with Gasteiger partial charge in [-0.25, -0.2) is 9.99 Å². The lowest BCUT2D eigenvalue weighted by Crippen LogP contribution is -2.33. The quantitative estimate of drug-likeness (QED) is 0.344. The number of hydrazone groups is 1. The highest BCUT2D eigenvalue weighted by Gasteiger charge is 2.43. The molecule has 5 rings (SSSR count). The van der Waals surface area contributed by atoms with Gasteiger partial charge < -0.3 is 20.2 Å². The highest BCUT2D eigenvalue weighted by atomic mass is 32.2. The number of nitrogens with zero attached hydrogens (tertiary/aromatic N) is 3. The van der Waals surface area contributed by atoms with Crippen LogP contribution in [0.2, 0.25) is 0 Å². The van der Waals surface area contributed by atoms with Crippen LogP contribution in [0.4, 0.5) is 5.82 Å². The molecule has 3 N–H and O–H groups in total. The molecule has 1 aliphatic heterocycles. The van der Waals surface area contributed by atoms with Gasteiger partial charge in [0.1, 0.15) is 17.3 Å². The van der Waals surface area contributed by atoms with Crippen LogP contribution in [0.3, 0.4) is 0 Å². The Morgan fingerprint density at radius 1 is 1.13 bits per heavy atom. The third-order valence-corrected chi connectivity index (χ3v) is 7.60. The summed E-state index contributed by atoms with van der Waals surface area (Å²) in [6, 6.07) is 16.7. The number of methoxy groups -OCH3 is 2. The number of fused-ring (bicyclic) bond motifs is 1. The minimum Gasteiger partial charge on any atom is -0.497 e. The number of rotatable bonds is 7. The molecule has 2 unspecified atom stereocenters. The average Bonchev–Trinajstić information content (AvgIpc) is 3.32. The van der Waals surface area contributed by atoms with Crippen molar-refractivity contribution in [2.75, 3.05) is 25.7 Å². The van der Waals surface area contributed by atoms with Crippen molar-refractivity contribution in [1.29, 1.82) is 0 Å². The van der Waals surface area contributed by atoms with E-state index in [0.717, 1.165) is 64.9 Å². The number of ether oxygens (including phenoxy) is 2. The molecule has 1 aliphatic carbocycles. The van der Waals surface area contributed by atoms with Crippen molar-refractivity contribution in [2.45, 2.75) is 30.5 Å². The lowest BCUT2D eigenvalue weighted by atomic mass is 9.77. The molecule has 9 nitrogen and oxygen atoms in total. The van der Waals surface area contributed by atoms with Crippen LogP contribution in [0.15, 0.2) is 75.2 Å². The van der Waals surface area contributed by atoms with Gasteiger partial charge in [0, 0.05) is 12.0 Å². The van der Waals surface area contributed by atoms with Gasteiger partial charge in [-0.1, -0.05) is 36.0 Å². The first-order chi connectivity index (χ1) is 18.4. The van der Waals surface area contributed by atoms with Crippen LogP contribution in [-0.4, -0.2) is 46.6 Å². The van der Waals surface area contributed by atoms with Gasteiger partial charge in [-0.05, 0) is 66.3 Å². The fourth-order valence-corrected chi connectivity index (χ4v) is 5.70. The molecule has 38 heavy (non-hydrogen) atoms. The number of hydrogen-bond donors (Lipinski definition) is 2. The van der Waals surface area contributed by atoms with Crippen LogP contribution in [0.5, 0.6) is 11.5 Å². The van der Waals surface area contributed by atoms with Crippen molar-refractivity contribution in [1.82, 2.24) is 15.0 Å². The second-order valence-electron chi connectivity index (χ2n) is 9.15. The molecular formula is C28H29N5O4S. The number of aromatic amines is 1. The molecule has 196 valence electrons. The monoisotopic (exact) mass is 531 g/mol. The number of nitrogen functional groups attached to an aromatic ring is 1. The van der Waals surface area contributed by atoms with Gasteiger partial charge in [0.2, 0.25) is 0 Å². The number of benzene rings is 2. The number of H-pyrrole nitrogens is 1. The normalized spacial score (nSPS) is 19.7. The molecule has 1 amide bonds. The Hall–Kier alpha value is -4.05. The van der Waals surface area contributed by atoms with Crippen LogP contribution < -0.4 is 20.8 Å². The Balaban J connectivity index is 1.46. The van der Waals surface area contributed by atoms with Crippen molar-refractivity contribution in [2.24, 2.45) is 11.0 Å². The number of thioether (sulfide) groups is 1. The highest BCUT2D eigenvalue weighted by Crippen LogP contribution is 2.45.